The second-order valence-corrected chi connectivity index (χ2v) is 7.60. The Labute approximate surface area is 166 Å². The number of hydrogen-bond acceptors (Lipinski definition) is 6. The molecule has 0 bridgehead atoms. The highest BCUT2D eigenvalue weighted by Crippen LogP contribution is 2.15. The second kappa shape index (κ2) is 8.79. The van der Waals surface area contributed by atoms with Crippen LogP contribution in [0, 0.1) is 6.92 Å². The number of benzene rings is 1. The van der Waals surface area contributed by atoms with E-state index >= 15 is 0 Å². The normalized spacial score (nSPS) is 10.8. The highest BCUT2D eigenvalue weighted by Gasteiger charge is 2.11. The van der Waals surface area contributed by atoms with Crippen LogP contribution in [0.15, 0.2) is 41.3 Å². The van der Waals surface area contributed by atoms with E-state index in [2.05, 4.69) is 10.3 Å². The topological polar surface area (TPSA) is 89.8 Å². The number of carbonyl (C=O) groups is 2. The van der Waals surface area contributed by atoms with Crippen molar-refractivity contribution in [2.45, 2.75) is 39.7 Å². The quantitative estimate of drug-likeness (QED) is 0.614. The summed E-state index contributed by atoms with van der Waals surface area (Å²) in [6.45, 7) is 3.81. The van der Waals surface area contributed by atoms with E-state index in [1.807, 2.05) is 13.8 Å². The number of hydrogen-bond donors (Lipinski definition) is 1. The Bertz CT molecular complexity index is 1070. The largest absolute Gasteiger partial charge is 0.456 e. The van der Waals surface area contributed by atoms with E-state index in [1.165, 1.54) is 21.8 Å². The molecular weight excluding hydrogens is 378 g/mol. The third-order valence-electron chi connectivity index (χ3n) is 4.03. The number of fused-ring (bicyclic) bond motifs is 1. The summed E-state index contributed by atoms with van der Waals surface area (Å²) in [5.41, 5.74) is 1.04. The van der Waals surface area contributed by atoms with Crippen molar-refractivity contribution >= 4 is 33.9 Å². The Morgan fingerprint density at radius 3 is 2.89 bits per heavy atom. The molecule has 0 aliphatic rings. The number of thiazole rings is 1. The summed E-state index contributed by atoms with van der Waals surface area (Å²) >= 11 is 1.40. The maximum absolute atomic E-state index is 12.3. The molecule has 0 aliphatic heterocycles. The first kappa shape index (κ1) is 19.8. The van der Waals surface area contributed by atoms with Crippen molar-refractivity contribution in [2.75, 3.05) is 5.32 Å². The van der Waals surface area contributed by atoms with Crippen molar-refractivity contribution in [3.05, 3.63) is 63.0 Å². The number of ether oxygens (including phenoxy) is 1. The molecule has 3 rings (SSSR count). The maximum atomic E-state index is 12.3. The fraction of sp³-hybridized carbons (Fsp3) is 0.300. The predicted molar refractivity (Wildman–Crippen MR) is 108 cm³/mol. The van der Waals surface area contributed by atoms with Crippen LogP contribution in [-0.2, 0) is 16.1 Å². The zero-order valence-electron chi connectivity index (χ0n) is 15.7. The van der Waals surface area contributed by atoms with Gasteiger partial charge in [-0.1, -0.05) is 19.4 Å². The minimum atomic E-state index is -0.547. The van der Waals surface area contributed by atoms with Crippen LogP contribution >= 0.6 is 11.3 Å². The molecule has 146 valence electrons. The summed E-state index contributed by atoms with van der Waals surface area (Å²) in [5.74, 6) is -0.634. The van der Waals surface area contributed by atoms with Crippen LogP contribution in [-0.4, -0.2) is 21.3 Å². The number of unbranched alkanes of at least 4 members (excludes halogenated alkanes) is 1. The van der Waals surface area contributed by atoms with Gasteiger partial charge in [0, 0.05) is 29.2 Å². The number of aromatic nitrogens is 2. The molecular formula is C20H21N3O4S. The molecule has 7 nitrogen and oxygen atoms in total. The van der Waals surface area contributed by atoms with Crippen molar-refractivity contribution in [2.24, 2.45) is 0 Å². The standard InChI is InChI=1S/C20H21N3O4S/c1-3-4-8-17(24)21-15-7-5-6-14(9-15)19(26)27-12-16-10-18(25)23-11-13(2)28-20(23)22-16/h5-7,9-11H,3-4,8,12H2,1-2H3,(H,21,24). The molecule has 2 aromatic heterocycles. The molecule has 0 unspecified atom stereocenters. The second-order valence-electron chi connectivity index (χ2n) is 6.39. The molecule has 0 fully saturated rings. The van der Waals surface area contributed by atoms with Gasteiger partial charge in [0.1, 0.15) is 6.61 Å². The van der Waals surface area contributed by atoms with Gasteiger partial charge in [0.2, 0.25) is 5.91 Å². The molecule has 0 saturated carbocycles. The number of esters is 1. The number of nitrogens with zero attached hydrogens (tertiary/aromatic N) is 2. The Kier molecular flexibility index (Phi) is 6.20. The zero-order valence-corrected chi connectivity index (χ0v) is 16.5. The Hall–Kier alpha value is -3.00. The van der Waals surface area contributed by atoms with Crippen LogP contribution in [0.4, 0.5) is 5.69 Å². The molecule has 3 aromatic rings. The van der Waals surface area contributed by atoms with Crippen LogP contribution in [0.5, 0.6) is 0 Å². The van der Waals surface area contributed by atoms with Gasteiger partial charge < -0.3 is 10.1 Å². The van der Waals surface area contributed by atoms with Crippen LogP contribution in [0.2, 0.25) is 0 Å². The lowest BCUT2D eigenvalue weighted by Crippen LogP contribution is -2.15. The lowest BCUT2D eigenvalue weighted by atomic mass is 10.2. The molecule has 0 atom stereocenters. The third-order valence-corrected chi connectivity index (χ3v) is 4.92. The smallest absolute Gasteiger partial charge is 0.338 e. The lowest BCUT2D eigenvalue weighted by Gasteiger charge is -2.08. The molecule has 2 heterocycles. The average Bonchev–Trinajstić information content (AvgIpc) is 3.05. The summed E-state index contributed by atoms with van der Waals surface area (Å²) in [5, 5.41) is 2.77. The Balaban J connectivity index is 1.66. The van der Waals surface area contributed by atoms with Gasteiger partial charge in [0.25, 0.3) is 5.56 Å². The molecule has 28 heavy (non-hydrogen) atoms. The van der Waals surface area contributed by atoms with E-state index in [4.69, 9.17) is 4.74 Å². The van der Waals surface area contributed by atoms with Crippen molar-refractivity contribution in [1.82, 2.24) is 9.38 Å². The van der Waals surface area contributed by atoms with Gasteiger partial charge in [0.05, 0.1) is 11.3 Å². The molecule has 1 N–H and O–H groups in total. The molecule has 8 heteroatoms. The first-order valence-electron chi connectivity index (χ1n) is 9.02. The molecule has 0 radical (unpaired) electrons. The summed E-state index contributed by atoms with van der Waals surface area (Å²) in [6.07, 6.45) is 3.92. The SMILES string of the molecule is CCCCC(=O)Nc1cccc(C(=O)OCc2cc(=O)n3cc(C)sc3n2)c1. The highest BCUT2D eigenvalue weighted by atomic mass is 32.1. The first-order chi connectivity index (χ1) is 13.5. The van der Waals surface area contributed by atoms with Gasteiger partial charge in [0.15, 0.2) is 4.96 Å². The van der Waals surface area contributed by atoms with Gasteiger partial charge in [-0.05, 0) is 31.5 Å². The highest BCUT2D eigenvalue weighted by molar-refractivity contribution is 7.16. The summed E-state index contributed by atoms with van der Waals surface area (Å²) < 4.78 is 6.76. The zero-order chi connectivity index (χ0) is 20.1. The van der Waals surface area contributed by atoms with Gasteiger partial charge in [-0.25, -0.2) is 9.78 Å². The van der Waals surface area contributed by atoms with E-state index < -0.39 is 5.97 Å². The van der Waals surface area contributed by atoms with E-state index in [9.17, 15) is 14.4 Å². The minimum absolute atomic E-state index is 0.0865. The Morgan fingerprint density at radius 2 is 2.11 bits per heavy atom. The number of rotatable bonds is 7. The molecule has 0 spiro atoms. The third kappa shape index (κ3) is 4.83. The Morgan fingerprint density at radius 1 is 1.29 bits per heavy atom. The monoisotopic (exact) mass is 399 g/mol. The van der Waals surface area contributed by atoms with Crippen molar-refractivity contribution in [3.63, 3.8) is 0 Å². The fourth-order valence-electron chi connectivity index (χ4n) is 2.64. The molecule has 1 aromatic carbocycles. The maximum Gasteiger partial charge on any atom is 0.338 e. The van der Waals surface area contributed by atoms with Crippen LogP contribution in [0.1, 0.15) is 47.1 Å². The molecule has 0 saturated heterocycles. The number of anilines is 1. The van der Waals surface area contributed by atoms with Crippen LogP contribution in [0.25, 0.3) is 4.96 Å². The first-order valence-corrected chi connectivity index (χ1v) is 9.83. The van der Waals surface area contributed by atoms with Crippen molar-refractivity contribution in [3.8, 4) is 0 Å². The van der Waals surface area contributed by atoms with Gasteiger partial charge in [-0.15, -0.1) is 11.3 Å². The van der Waals surface area contributed by atoms with E-state index in [1.54, 1.807) is 30.5 Å². The molecule has 1 amide bonds. The van der Waals surface area contributed by atoms with Crippen molar-refractivity contribution < 1.29 is 14.3 Å². The summed E-state index contributed by atoms with van der Waals surface area (Å²) in [7, 11) is 0. The number of amides is 1. The van der Waals surface area contributed by atoms with Gasteiger partial charge in [-0.2, -0.15) is 0 Å². The fourth-order valence-corrected chi connectivity index (χ4v) is 3.49. The minimum Gasteiger partial charge on any atom is -0.456 e. The van der Waals surface area contributed by atoms with Gasteiger partial charge >= 0.3 is 5.97 Å². The number of nitrogens with one attached hydrogen (secondary N) is 1. The van der Waals surface area contributed by atoms with E-state index in [0.717, 1.165) is 17.7 Å². The number of aryl methyl sites for hydroxylation is 1. The average molecular weight is 399 g/mol. The van der Waals surface area contributed by atoms with Gasteiger partial charge in [-0.3, -0.25) is 14.0 Å². The summed E-state index contributed by atoms with van der Waals surface area (Å²) in [4.78, 5) is 42.2. The lowest BCUT2D eigenvalue weighted by molar-refractivity contribution is -0.116. The molecule has 0 aliphatic carbocycles. The predicted octanol–water partition coefficient (Wildman–Crippen LogP) is 3.55. The number of carbonyl (C=O) groups excluding carboxylic acids is 2. The van der Waals surface area contributed by atoms with E-state index in [-0.39, 0.29) is 18.1 Å². The van der Waals surface area contributed by atoms with Crippen molar-refractivity contribution in [1.29, 1.82) is 0 Å². The van der Waals surface area contributed by atoms with Crippen LogP contribution in [0.3, 0.4) is 0 Å². The summed E-state index contributed by atoms with van der Waals surface area (Å²) in [6, 6.07) is 7.93. The van der Waals surface area contributed by atoms with Crippen LogP contribution < -0.4 is 10.9 Å². The van der Waals surface area contributed by atoms with E-state index in [0.29, 0.717) is 28.3 Å².